The number of nitrogens with one attached hydrogen (secondary N) is 1. The standard InChI is InChI=1S/C26H27N3O3/c1-20-6-8-23(9-7-20)28-26(30)19-32-25-5-3-2-4-21(25)18-27-22-10-12-24(13-11-22)29-14-16-31-17-15-29/h2-13,18H,14-17,19H2,1H3,(H,28,30). The van der Waals surface area contributed by atoms with E-state index in [-0.39, 0.29) is 12.5 Å². The molecule has 0 radical (unpaired) electrons. The zero-order valence-electron chi connectivity index (χ0n) is 18.2. The summed E-state index contributed by atoms with van der Waals surface area (Å²) < 4.78 is 11.2. The van der Waals surface area contributed by atoms with Crippen LogP contribution in [0.1, 0.15) is 11.1 Å². The van der Waals surface area contributed by atoms with Gasteiger partial charge >= 0.3 is 0 Å². The number of hydrogen-bond acceptors (Lipinski definition) is 5. The van der Waals surface area contributed by atoms with Gasteiger partial charge in [-0.15, -0.1) is 0 Å². The van der Waals surface area contributed by atoms with Gasteiger partial charge in [0.05, 0.1) is 18.9 Å². The van der Waals surface area contributed by atoms with E-state index < -0.39 is 0 Å². The average Bonchev–Trinajstić information content (AvgIpc) is 2.84. The van der Waals surface area contributed by atoms with Gasteiger partial charge in [0.2, 0.25) is 0 Å². The molecule has 6 heteroatoms. The maximum Gasteiger partial charge on any atom is 0.262 e. The summed E-state index contributed by atoms with van der Waals surface area (Å²) in [6.45, 7) is 5.27. The number of rotatable bonds is 7. The Morgan fingerprint density at radius 1 is 1.03 bits per heavy atom. The summed E-state index contributed by atoms with van der Waals surface area (Å²) in [5.41, 5.74) is 4.74. The van der Waals surface area contributed by atoms with Crippen LogP contribution in [0.5, 0.6) is 5.75 Å². The molecule has 1 N–H and O–H groups in total. The molecule has 0 aliphatic carbocycles. The van der Waals surface area contributed by atoms with Crippen molar-refractivity contribution in [3.05, 3.63) is 83.9 Å². The second-order valence-electron chi connectivity index (χ2n) is 7.61. The van der Waals surface area contributed by atoms with E-state index in [0.29, 0.717) is 5.75 Å². The van der Waals surface area contributed by atoms with Crippen molar-refractivity contribution >= 4 is 29.2 Å². The van der Waals surface area contributed by atoms with E-state index in [9.17, 15) is 4.79 Å². The number of amides is 1. The highest BCUT2D eigenvalue weighted by molar-refractivity contribution is 5.92. The minimum atomic E-state index is -0.209. The quantitative estimate of drug-likeness (QED) is 0.558. The topological polar surface area (TPSA) is 63.2 Å². The Bertz CT molecular complexity index is 1060. The van der Waals surface area contributed by atoms with Gasteiger partial charge in [-0.2, -0.15) is 0 Å². The van der Waals surface area contributed by atoms with E-state index in [1.807, 2.05) is 67.6 Å². The molecule has 1 saturated heterocycles. The number of carbonyl (C=O) groups excluding carboxylic acids is 1. The minimum absolute atomic E-state index is 0.0764. The van der Waals surface area contributed by atoms with E-state index in [0.717, 1.165) is 48.8 Å². The third-order valence-electron chi connectivity index (χ3n) is 5.19. The van der Waals surface area contributed by atoms with Gasteiger partial charge in [-0.3, -0.25) is 9.79 Å². The van der Waals surface area contributed by atoms with Gasteiger partial charge in [-0.25, -0.2) is 0 Å². The van der Waals surface area contributed by atoms with Crippen molar-refractivity contribution in [1.82, 2.24) is 0 Å². The fourth-order valence-electron chi connectivity index (χ4n) is 3.41. The molecular weight excluding hydrogens is 402 g/mol. The number of carbonyl (C=O) groups is 1. The van der Waals surface area contributed by atoms with Crippen molar-refractivity contribution < 1.29 is 14.3 Å². The first kappa shape index (κ1) is 21.6. The van der Waals surface area contributed by atoms with Crippen molar-refractivity contribution in [3.63, 3.8) is 0 Å². The second-order valence-corrected chi connectivity index (χ2v) is 7.61. The van der Waals surface area contributed by atoms with Crippen molar-refractivity contribution in [2.75, 3.05) is 43.1 Å². The molecular formula is C26H27N3O3. The predicted molar refractivity (Wildman–Crippen MR) is 128 cm³/mol. The lowest BCUT2D eigenvalue weighted by atomic mass is 10.2. The molecule has 0 aromatic heterocycles. The Hall–Kier alpha value is -3.64. The van der Waals surface area contributed by atoms with Crippen molar-refractivity contribution in [3.8, 4) is 5.75 Å². The van der Waals surface area contributed by atoms with Gasteiger partial charge in [0, 0.05) is 36.2 Å². The molecule has 1 fully saturated rings. The highest BCUT2D eigenvalue weighted by Gasteiger charge is 2.10. The Kier molecular flexibility index (Phi) is 7.15. The Labute approximate surface area is 188 Å². The third-order valence-corrected chi connectivity index (χ3v) is 5.19. The fraction of sp³-hybridized carbons (Fsp3) is 0.231. The Morgan fingerprint density at radius 3 is 2.50 bits per heavy atom. The van der Waals surface area contributed by atoms with Gasteiger partial charge < -0.3 is 19.7 Å². The van der Waals surface area contributed by atoms with Crippen LogP contribution in [0, 0.1) is 6.92 Å². The van der Waals surface area contributed by atoms with Gasteiger partial charge in [-0.1, -0.05) is 29.8 Å². The van der Waals surface area contributed by atoms with Crippen molar-refractivity contribution in [2.45, 2.75) is 6.92 Å². The molecule has 0 unspecified atom stereocenters. The lowest BCUT2D eigenvalue weighted by molar-refractivity contribution is -0.118. The lowest BCUT2D eigenvalue weighted by Gasteiger charge is -2.28. The largest absolute Gasteiger partial charge is 0.483 e. The summed E-state index contributed by atoms with van der Waals surface area (Å²) in [6.07, 6.45) is 1.76. The number of morpholine rings is 1. The number of ether oxygens (including phenoxy) is 2. The van der Waals surface area contributed by atoms with Crippen molar-refractivity contribution in [1.29, 1.82) is 0 Å². The van der Waals surface area contributed by atoms with Crippen LogP contribution >= 0.6 is 0 Å². The van der Waals surface area contributed by atoms with Crippen LogP contribution in [0.3, 0.4) is 0 Å². The summed E-state index contributed by atoms with van der Waals surface area (Å²) in [7, 11) is 0. The number of benzene rings is 3. The highest BCUT2D eigenvalue weighted by atomic mass is 16.5. The van der Waals surface area contributed by atoms with Crippen LogP contribution in [0.2, 0.25) is 0 Å². The number of aliphatic imine (C=N–C) groups is 1. The van der Waals surface area contributed by atoms with Gasteiger partial charge in [0.1, 0.15) is 5.75 Å². The van der Waals surface area contributed by atoms with Crippen LogP contribution in [0.25, 0.3) is 0 Å². The van der Waals surface area contributed by atoms with Gasteiger partial charge in [0.15, 0.2) is 6.61 Å². The molecule has 3 aromatic rings. The number of hydrogen-bond donors (Lipinski definition) is 1. The fourth-order valence-corrected chi connectivity index (χ4v) is 3.41. The van der Waals surface area contributed by atoms with Crippen LogP contribution < -0.4 is 15.0 Å². The van der Waals surface area contributed by atoms with E-state index in [1.165, 1.54) is 5.69 Å². The SMILES string of the molecule is Cc1ccc(NC(=O)COc2ccccc2C=Nc2ccc(N3CCOCC3)cc2)cc1. The van der Waals surface area contributed by atoms with E-state index in [4.69, 9.17) is 9.47 Å². The van der Waals surface area contributed by atoms with Gasteiger partial charge in [0.25, 0.3) is 5.91 Å². The predicted octanol–water partition coefficient (Wildman–Crippen LogP) is 4.60. The van der Waals surface area contributed by atoms with Crippen LogP contribution in [0.4, 0.5) is 17.1 Å². The third kappa shape index (κ3) is 5.95. The summed E-state index contributed by atoms with van der Waals surface area (Å²) in [5.74, 6) is 0.402. The second kappa shape index (κ2) is 10.6. The lowest BCUT2D eigenvalue weighted by Crippen LogP contribution is -2.36. The van der Waals surface area contributed by atoms with Crippen molar-refractivity contribution in [2.24, 2.45) is 4.99 Å². The van der Waals surface area contributed by atoms with Crippen LogP contribution in [-0.4, -0.2) is 45.0 Å². The monoisotopic (exact) mass is 429 g/mol. The number of aryl methyl sites for hydroxylation is 1. The van der Waals surface area contributed by atoms with E-state index in [1.54, 1.807) is 6.21 Å². The molecule has 164 valence electrons. The summed E-state index contributed by atoms with van der Waals surface area (Å²) >= 11 is 0. The smallest absolute Gasteiger partial charge is 0.262 e. The number of para-hydroxylation sites is 1. The maximum atomic E-state index is 12.2. The maximum absolute atomic E-state index is 12.2. The summed E-state index contributed by atoms with van der Waals surface area (Å²) in [5, 5.41) is 2.84. The molecule has 1 aliphatic heterocycles. The molecule has 1 heterocycles. The minimum Gasteiger partial charge on any atom is -0.483 e. The first-order valence-electron chi connectivity index (χ1n) is 10.7. The highest BCUT2D eigenvalue weighted by Crippen LogP contribution is 2.22. The molecule has 0 spiro atoms. The summed E-state index contributed by atoms with van der Waals surface area (Å²) in [6, 6.07) is 23.4. The van der Waals surface area contributed by atoms with E-state index in [2.05, 4.69) is 27.3 Å². The first-order valence-corrected chi connectivity index (χ1v) is 10.7. The van der Waals surface area contributed by atoms with Crippen LogP contribution in [0.15, 0.2) is 77.8 Å². The Morgan fingerprint density at radius 2 is 1.75 bits per heavy atom. The molecule has 32 heavy (non-hydrogen) atoms. The van der Waals surface area contributed by atoms with E-state index >= 15 is 0 Å². The van der Waals surface area contributed by atoms with Gasteiger partial charge in [-0.05, 0) is 55.5 Å². The number of nitrogens with zero attached hydrogens (tertiary/aromatic N) is 2. The molecule has 1 aliphatic rings. The first-order chi connectivity index (χ1) is 15.7. The van der Waals surface area contributed by atoms with Crippen LogP contribution in [-0.2, 0) is 9.53 Å². The normalized spacial score (nSPS) is 13.8. The molecule has 4 rings (SSSR count). The zero-order chi connectivity index (χ0) is 22.2. The molecule has 0 bridgehead atoms. The number of anilines is 2. The summed E-state index contributed by atoms with van der Waals surface area (Å²) in [4.78, 5) is 19.1. The molecule has 3 aromatic carbocycles. The average molecular weight is 430 g/mol. The molecule has 0 saturated carbocycles. The molecule has 0 atom stereocenters. The Balaban J connectivity index is 1.35. The molecule has 1 amide bonds. The molecule has 6 nitrogen and oxygen atoms in total. The zero-order valence-corrected chi connectivity index (χ0v) is 18.2.